The molecule has 0 spiro atoms. The first kappa shape index (κ1) is 23.1. The van der Waals surface area contributed by atoms with Gasteiger partial charge < -0.3 is 19.4 Å². The maximum atomic E-state index is 13.7. The molecule has 4 rings (SSSR count). The molecule has 0 radical (unpaired) electrons. The normalized spacial score (nSPS) is 20.9. The molecule has 0 aliphatic carbocycles. The van der Waals surface area contributed by atoms with E-state index in [0.717, 1.165) is 24.4 Å². The number of likely N-dealkylation sites (tertiary alicyclic amines) is 1. The zero-order chi connectivity index (χ0) is 23.5. The Bertz CT molecular complexity index is 998. The number of para-hydroxylation sites is 1. The SMILES string of the molecule is COc1cccc(C2CN(C(=O)C(C)C)CC2C(=O)N2CCN(c3ccccc3C)CC2)c1. The lowest BCUT2D eigenvalue weighted by Gasteiger charge is -2.38. The smallest absolute Gasteiger partial charge is 0.228 e. The Balaban J connectivity index is 1.51. The summed E-state index contributed by atoms with van der Waals surface area (Å²) in [6, 6.07) is 16.3. The van der Waals surface area contributed by atoms with Crippen molar-refractivity contribution >= 4 is 17.5 Å². The molecule has 2 fully saturated rings. The van der Waals surface area contributed by atoms with Gasteiger partial charge in [0.15, 0.2) is 0 Å². The molecule has 2 aromatic rings. The van der Waals surface area contributed by atoms with Crippen LogP contribution < -0.4 is 9.64 Å². The number of hydrogen-bond acceptors (Lipinski definition) is 4. The Morgan fingerprint density at radius 1 is 0.939 bits per heavy atom. The van der Waals surface area contributed by atoms with Crippen molar-refractivity contribution in [2.24, 2.45) is 11.8 Å². The van der Waals surface area contributed by atoms with E-state index in [0.29, 0.717) is 26.2 Å². The molecule has 0 bridgehead atoms. The molecular formula is C27H35N3O3. The minimum absolute atomic E-state index is 0.0234. The van der Waals surface area contributed by atoms with E-state index in [2.05, 4.69) is 36.1 Å². The molecule has 6 nitrogen and oxygen atoms in total. The Kier molecular flexibility index (Phi) is 6.91. The van der Waals surface area contributed by atoms with Crippen LogP contribution in [-0.4, -0.2) is 68.0 Å². The van der Waals surface area contributed by atoms with E-state index >= 15 is 0 Å². The lowest BCUT2D eigenvalue weighted by atomic mass is 9.87. The number of hydrogen-bond donors (Lipinski definition) is 0. The third-order valence-corrected chi connectivity index (χ3v) is 7.01. The molecule has 6 heteroatoms. The zero-order valence-electron chi connectivity index (χ0n) is 20.2. The van der Waals surface area contributed by atoms with Crippen molar-refractivity contribution in [2.75, 3.05) is 51.3 Å². The molecule has 2 aromatic carbocycles. The summed E-state index contributed by atoms with van der Waals surface area (Å²) in [6.45, 7) is 10.1. The van der Waals surface area contributed by atoms with Crippen molar-refractivity contribution in [2.45, 2.75) is 26.7 Å². The third kappa shape index (κ3) is 4.85. The molecule has 2 aliphatic rings. The molecular weight excluding hydrogens is 414 g/mol. The van der Waals surface area contributed by atoms with Crippen LogP contribution in [0.5, 0.6) is 5.75 Å². The summed E-state index contributed by atoms with van der Waals surface area (Å²) in [4.78, 5) is 32.8. The van der Waals surface area contributed by atoms with Gasteiger partial charge in [-0.3, -0.25) is 9.59 Å². The number of carbonyl (C=O) groups excluding carboxylic acids is 2. The van der Waals surface area contributed by atoms with Crippen LogP contribution >= 0.6 is 0 Å². The second-order valence-corrected chi connectivity index (χ2v) is 9.49. The number of carbonyl (C=O) groups is 2. The van der Waals surface area contributed by atoms with Gasteiger partial charge in [-0.2, -0.15) is 0 Å². The monoisotopic (exact) mass is 449 g/mol. The summed E-state index contributed by atoms with van der Waals surface area (Å²) in [7, 11) is 1.65. The molecule has 2 heterocycles. The molecule has 2 aliphatic heterocycles. The fourth-order valence-corrected chi connectivity index (χ4v) is 5.13. The van der Waals surface area contributed by atoms with Gasteiger partial charge in [0.05, 0.1) is 13.0 Å². The van der Waals surface area contributed by atoms with Gasteiger partial charge in [-0.15, -0.1) is 0 Å². The quantitative estimate of drug-likeness (QED) is 0.701. The molecule has 0 N–H and O–H groups in total. The van der Waals surface area contributed by atoms with E-state index in [1.54, 1.807) is 7.11 Å². The average Bonchev–Trinajstić information content (AvgIpc) is 3.29. The fraction of sp³-hybridized carbons (Fsp3) is 0.481. The first-order chi connectivity index (χ1) is 15.9. The van der Waals surface area contributed by atoms with Crippen LogP contribution in [0.4, 0.5) is 5.69 Å². The van der Waals surface area contributed by atoms with Gasteiger partial charge in [-0.25, -0.2) is 0 Å². The minimum atomic E-state index is -0.232. The second-order valence-electron chi connectivity index (χ2n) is 9.49. The molecule has 2 unspecified atom stereocenters. The van der Waals surface area contributed by atoms with Crippen molar-refractivity contribution in [3.8, 4) is 5.75 Å². The lowest BCUT2D eigenvalue weighted by molar-refractivity contribution is -0.136. The molecule has 2 amide bonds. The summed E-state index contributed by atoms with van der Waals surface area (Å²) >= 11 is 0. The average molecular weight is 450 g/mol. The molecule has 2 atom stereocenters. The third-order valence-electron chi connectivity index (χ3n) is 7.01. The summed E-state index contributed by atoms with van der Waals surface area (Å²) in [5.74, 6) is 0.713. The van der Waals surface area contributed by atoms with Gasteiger partial charge in [0, 0.05) is 56.8 Å². The standard InChI is InChI=1S/C27H35N3O3/c1-19(2)26(31)30-17-23(21-9-7-10-22(16-21)33-4)24(18-30)27(32)29-14-12-28(13-15-29)25-11-6-5-8-20(25)3/h5-11,16,19,23-24H,12-15,17-18H2,1-4H3. The fourth-order valence-electron chi connectivity index (χ4n) is 5.13. The Morgan fingerprint density at radius 3 is 2.33 bits per heavy atom. The van der Waals surface area contributed by atoms with E-state index in [9.17, 15) is 9.59 Å². The van der Waals surface area contributed by atoms with Gasteiger partial charge in [-0.05, 0) is 36.2 Å². The van der Waals surface area contributed by atoms with Crippen LogP contribution in [0.2, 0.25) is 0 Å². The van der Waals surface area contributed by atoms with Gasteiger partial charge >= 0.3 is 0 Å². The number of amides is 2. The predicted octanol–water partition coefficient (Wildman–Crippen LogP) is 3.55. The highest BCUT2D eigenvalue weighted by Gasteiger charge is 2.43. The first-order valence-corrected chi connectivity index (χ1v) is 11.9. The molecule has 0 saturated carbocycles. The number of methoxy groups -OCH3 is 1. The van der Waals surface area contributed by atoms with Crippen molar-refractivity contribution in [1.82, 2.24) is 9.80 Å². The first-order valence-electron chi connectivity index (χ1n) is 11.9. The number of benzene rings is 2. The van der Waals surface area contributed by atoms with Crippen molar-refractivity contribution in [3.05, 3.63) is 59.7 Å². The Morgan fingerprint density at radius 2 is 1.67 bits per heavy atom. The van der Waals surface area contributed by atoms with Gasteiger partial charge in [0.1, 0.15) is 5.75 Å². The van der Waals surface area contributed by atoms with Gasteiger partial charge in [-0.1, -0.05) is 44.2 Å². The highest BCUT2D eigenvalue weighted by molar-refractivity contribution is 5.84. The zero-order valence-corrected chi connectivity index (χ0v) is 20.2. The number of nitrogens with zero attached hydrogens (tertiary/aromatic N) is 3. The summed E-state index contributed by atoms with van der Waals surface area (Å²) < 4.78 is 5.42. The number of aryl methyl sites for hydroxylation is 1. The van der Waals surface area contributed by atoms with Crippen LogP contribution in [0.3, 0.4) is 0 Å². The topological polar surface area (TPSA) is 53.1 Å². The summed E-state index contributed by atoms with van der Waals surface area (Å²) in [5, 5.41) is 0. The van der Waals surface area contributed by atoms with Crippen molar-refractivity contribution in [1.29, 1.82) is 0 Å². The molecule has 2 saturated heterocycles. The maximum absolute atomic E-state index is 13.7. The van der Waals surface area contributed by atoms with Crippen molar-refractivity contribution in [3.63, 3.8) is 0 Å². The molecule has 176 valence electrons. The van der Waals surface area contributed by atoms with E-state index in [1.807, 2.05) is 47.9 Å². The van der Waals surface area contributed by atoms with Gasteiger partial charge in [0.2, 0.25) is 11.8 Å². The highest BCUT2D eigenvalue weighted by Crippen LogP contribution is 2.36. The second kappa shape index (κ2) is 9.86. The molecule has 0 aromatic heterocycles. The van der Waals surface area contributed by atoms with E-state index in [4.69, 9.17) is 4.74 Å². The van der Waals surface area contributed by atoms with Crippen LogP contribution in [-0.2, 0) is 9.59 Å². The van der Waals surface area contributed by atoms with Gasteiger partial charge in [0.25, 0.3) is 0 Å². The van der Waals surface area contributed by atoms with E-state index < -0.39 is 0 Å². The largest absolute Gasteiger partial charge is 0.497 e. The maximum Gasteiger partial charge on any atom is 0.228 e. The van der Waals surface area contributed by atoms with Crippen LogP contribution in [0.1, 0.15) is 30.9 Å². The number of rotatable bonds is 5. The number of piperazine rings is 1. The van der Waals surface area contributed by atoms with E-state index in [-0.39, 0.29) is 29.6 Å². The predicted molar refractivity (Wildman–Crippen MR) is 131 cm³/mol. The Hall–Kier alpha value is -3.02. The summed E-state index contributed by atoms with van der Waals surface area (Å²) in [6.07, 6.45) is 0. The van der Waals surface area contributed by atoms with Crippen LogP contribution in [0.15, 0.2) is 48.5 Å². The van der Waals surface area contributed by atoms with Crippen LogP contribution in [0.25, 0.3) is 0 Å². The Labute approximate surface area is 197 Å². The number of ether oxygens (including phenoxy) is 1. The highest BCUT2D eigenvalue weighted by atomic mass is 16.5. The number of anilines is 1. The minimum Gasteiger partial charge on any atom is -0.497 e. The van der Waals surface area contributed by atoms with Crippen LogP contribution in [0, 0.1) is 18.8 Å². The lowest BCUT2D eigenvalue weighted by Crippen LogP contribution is -2.51. The summed E-state index contributed by atoms with van der Waals surface area (Å²) in [5.41, 5.74) is 3.56. The van der Waals surface area contributed by atoms with Crippen molar-refractivity contribution < 1.29 is 14.3 Å². The molecule has 33 heavy (non-hydrogen) atoms. The van der Waals surface area contributed by atoms with E-state index in [1.165, 1.54) is 11.3 Å².